The van der Waals surface area contributed by atoms with Gasteiger partial charge in [-0.2, -0.15) is 0 Å². The minimum Gasteiger partial charge on any atom is -0.399 e. The number of carbonyl (C=O) groups is 1. The van der Waals surface area contributed by atoms with Gasteiger partial charge in [0.2, 0.25) is 5.91 Å². The van der Waals surface area contributed by atoms with E-state index in [1.165, 1.54) is 0 Å². The van der Waals surface area contributed by atoms with Gasteiger partial charge in [0.15, 0.2) is 0 Å². The third-order valence-electron chi connectivity index (χ3n) is 3.09. The number of nitrogens with one attached hydrogen (secondary N) is 1. The van der Waals surface area contributed by atoms with Gasteiger partial charge in [-0.25, -0.2) is 0 Å². The van der Waals surface area contributed by atoms with Crippen LogP contribution in [0.5, 0.6) is 0 Å². The second kappa shape index (κ2) is 6.57. The van der Waals surface area contributed by atoms with Crippen LogP contribution in [0.25, 0.3) is 0 Å². The molecule has 0 aliphatic carbocycles. The molecule has 0 radical (unpaired) electrons. The van der Waals surface area contributed by atoms with Crippen molar-refractivity contribution in [3.8, 4) is 0 Å². The van der Waals surface area contributed by atoms with Crippen molar-refractivity contribution in [1.82, 2.24) is 5.32 Å². The summed E-state index contributed by atoms with van der Waals surface area (Å²) >= 11 is 3.40. The number of rotatable bonds is 4. The minimum absolute atomic E-state index is 0.00481. The van der Waals surface area contributed by atoms with E-state index in [2.05, 4.69) is 21.2 Å². The molecule has 20 heavy (non-hydrogen) atoms. The Bertz CT molecular complexity index is 578. The summed E-state index contributed by atoms with van der Waals surface area (Å²) in [4.78, 5) is 12.0. The molecule has 2 aromatic carbocycles. The lowest BCUT2D eigenvalue weighted by Gasteiger charge is -2.14. The zero-order valence-corrected chi connectivity index (χ0v) is 12.9. The monoisotopic (exact) mass is 332 g/mol. The van der Waals surface area contributed by atoms with Crippen molar-refractivity contribution >= 4 is 27.5 Å². The van der Waals surface area contributed by atoms with E-state index in [0.29, 0.717) is 12.1 Å². The van der Waals surface area contributed by atoms with E-state index in [1.807, 2.05) is 43.3 Å². The summed E-state index contributed by atoms with van der Waals surface area (Å²) in [7, 11) is 0. The Labute approximate surface area is 127 Å². The normalized spacial score (nSPS) is 11.9. The van der Waals surface area contributed by atoms with Gasteiger partial charge in [0.05, 0.1) is 12.5 Å². The van der Waals surface area contributed by atoms with Gasteiger partial charge in [-0.05, 0) is 42.3 Å². The number of hydrogen-bond donors (Lipinski definition) is 2. The quantitative estimate of drug-likeness (QED) is 0.842. The SMILES string of the molecule is C[C@H](NC(=O)Cc1ccc(N)cc1)c1ccc(Br)cc1. The smallest absolute Gasteiger partial charge is 0.224 e. The van der Waals surface area contributed by atoms with E-state index < -0.39 is 0 Å². The molecule has 2 aromatic rings. The zero-order valence-electron chi connectivity index (χ0n) is 11.3. The first-order valence-corrected chi connectivity index (χ1v) is 7.23. The van der Waals surface area contributed by atoms with Crippen molar-refractivity contribution in [2.24, 2.45) is 0 Å². The number of benzene rings is 2. The molecule has 0 unspecified atom stereocenters. The number of anilines is 1. The van der Waals surface area contributed by atoms with Gasteiger partial charge in [-0.1, -0.05) is 40.2 Å². The molecule has 0 aliphatic rings. The molecule has 3 nitrogen and oxygen atoms in total. The molecule has 104 valence electrons. The molecule has 0 heterocycles. The topological polar surface area (TPSA) is 55.1 Å². The maximum absolute atomic E-state index is 12.0. The molecule has 4 heteroatoms. The first kappa shape index (κ1) is 14.6. The first-order chi connectivity index (χ1) is 9.54. The van der Waals surface area contributed by atoms with Crippen molar-refractivity contribution in [3.63, 3.8) is 0 Å². The Kier molecular flexibility index (Phi) is 4.79. The molecule has 1 atom stereocenters. The molecule has 0 aliphatic heterocycles. The van der Waals surface area contributed by atoms with Gasteiger partial charge in [0.25, 0.3) is 0 Å². The van der Waals surface area contributed by atoms with Gasteiger partial charge >= 0.3 is 0 Å². The Morgan fingerprint density at radius 1 is 1.15 bits per heavy atom. The van der Waals surface area contributed by atoms with Crippen LogP contribution in [0.4, 0.5) is 5.69 Å². The van der Waals surface area contributed by atoms with Crippen LogP contribution in [0.2, 0.25) is 0 Å². The summed E-state index contributed by atoms with van der Waals surface area (Å²) in [5.41, 5.74) is 8.37. The molecular weight excluding hydrogens is 316 g/mol. The fourth-order valence-corrected chi connectivity index (χ4v) is 2.21. The second-order valence-corrected chi connectivity index (χ2v) is 5.67. The minimum atomic E-state index is -0.00983. The lowest BCUT2D eigenvalue weighted by atomic mass is 10.1. The van der Waals surface area contributed by atoms with Crippen LogP contribution in [0.15, 0.2) is 53.0 Å². The summed E-state index contributed by atoms with van der Waals surface area (Å²) in [6.45, 7) is 1.98. The van der Waals surface area contributed by atoms with Crippen molar-refractivity contribution in [1.29, 1.82) is 0 Å². The molecule has 0 saturated carbocycles. The Morgan fingerprint density at radius 3 is 2.35 bits per heavy atom. The maximum atomic E-state index is 12.0. The molecule has 1 amide bonds. The highest BCUT2D eigenvalue weighted by atomic mass is 79.9. The largest absolute Gasteiger partial charge is 0.399 e. The number of hydrogen-bond acceptors (Lipinski definition) is 2. The Hall–Kier alpha value is -1.81. The van der Waals surface area contributed by atoms with Gasteiger partial charge in [-0.15, -0.1) is 0 Å². The third-order valence-corrected chi connectivity index (χ3v) is 3.62. The predicted molar refractivity (Wildman–Crippen MR) is 85.3 cm³/mol. The van der Waals surface area contributed by atoms with Crippen LogP contribution in [0.1, 0.15) is 24.1 Å². The highest BCUT2D eigenvalue weighted by Gasteiger charge is 2.10. The summed E-state index contributed by atoms with van der Waals surface area (Å²) < 4.78 is 1.03. The van der Waals surface area contributed by atoms with Crippen LogP contribution in [-0.2, 0) is 11.2 Å². The number of amides is 1. The fraction of sp³-hybridized carbons (Fsp3) is 0.188. The van der Waals surface area contributed by atoms with Crippen LogP contribution in [0, 0.1) is 0 Å². The average molecular weight is 333 g/mol. The van der Waals surface area contributed by atoms with Crippen LogP contribution in [0.3, 0.4) is 0 Å². The lowest BCUT2D eigenvalue weighted by Crippen LogP contribution is -2.28. The van der Waals surface area contributed by atoms with Crippen molar-refractivity contribution in [2.45, 2.75) is 19.4 Å². The van der Waals surface area contributed by atoms with E-state index in [1.54, 1.807) is 12.1 Å². The number of halogens is 1. The Balaban J connectivity index is 1.93. The number of nitrogens with two attached hydrogens (primary N) is 1. The molecule has 0 saturated heterocycles. The van der Waals surface area contributed by atoms with Crippen molar-refractivity contribution in [2.75, 3.05) is 5.73 Å². The van der Waals surface area contributed by atoms with Crippen LogP contribution in [-0.4, -0.2) is 5.91 Å². The summed E-state index contributed by atoms with van der Waals surface area (Å²) in [5.74, 6) is 0.00481. The van der Waals surface area contributed by atoms with E-state index in [0.717, 1.165) is 15.6 Å². The van der Waals surface area contributed by atoms with Crippen LogP contribution >= 0.6 is 15.9 Å². The highest BCUT2D eigenvalue weighted by Crippen LogP contribution is 2.16. The summed E-state index contributed by atoms with van der Waals surface area (Å²) in [6.07, 6.45) is 0.362. The maximum Gasteiger partial charge on any atom is 0.224 e. The van der Waals surface area contributed by atoms with Crippen LogP contribution < -0.4 is 11.1 Å². The summed E-state index contributed by atoms with van der Waals surface area (Å²) in [6, 6.07) is 15.3. The standard InChI is InChI=1S/C16H17BrN2O/c1-11(13-4-6-14(17)7-5-13)19-16(20)10-12-2-8-15(18)9-3-12/h2-9,11H,10,18H2,1H3,(H,19,20)/t11-/m0/s1. The van der Waals surface area contributed by atoms with E-state index in [4.69, 9.17) is 5.73 Å². The average Bonchev–Trinajstić information content (AvgIpc) is 2.42. The third kappa shape index (κ3) is 4.10. The number of nitrogen functional groups attached to an aromatic ring is 1. The molecular formula is C16H17BrN2O. The molecule has 2 rings (SSSR count). The van der Waals surface area contributed by atoms with Gasteiger partial charge in [0.1, 0.15) is 0 Å². The lowest BCUT2D eigenvalue weighted by molar-refractivity contribution is -0.121. The molecule has 3 N–H and O–H groups in total. The zero-order chi connectivity index (χ0) is 14.5. The van der Waals surface area contributed by atoms with Gasteiger partial charge < -0.3 is 11.1 Å². The molecule has 0 bridgehead atoms. The van der Waals surface area contributed by atoms with Gasteiger partial charge in [0, 0.05) is 10.2 Å². The molecule has 0 fully saturated rings. The number of carbonyl (C=O) groups excluding carboxylic acids is 1. The molecule has 0 aromatic heterocycles. The highest BCUT2D eigenvalue weighted by molar-refractivity contribution is 9.10. The van der Waals surface area contributed by atoms with Gasteiger partial charge in [-0.3, -0.25) is 4.79 Å². The predicted octanol–water partition coefficient (Wildman–Crippen LogP) is 3.45. The van der Waals surface area contributed by atoms with E-state index in [9.17, 15) is 4.79 Å². The Morgan fingerprint density at radius 2 is 1.75 bits per heavy atom. The summed E-state index contributed by atoms with van der Waals surface area (Å²) in [5, 5.41) is 2.99. The van der Waals surface area contributed by atoms with E-state index >= 15 is 0 Å². The van der Waals surface area contributed by atoms with Crippen molar-refractivity contribution in [3.05, 3.63) is 64.1 Å². The first-order valence-electron chi connectivity index (χ1n) is 6.44. The van der Waals surface area contributed by atoms with E-state index in [-0.39, 0.29) is 11.9 Å². The second-order valence-electron chi connectivity index (χ2n) is 4.76. The molecule has 0 spiro atoms. The van der Waals surface area contributed by atoms with Crippen molar-refractivity contribution < 1.29 is 4.79 Å². The fourth-order valence-electron chi connectivity index (χ4n) is 1.95.